The van der Waals surface area contributed by atoms with E-state index in [2.05, 4.69) is 15.3 Å². The van der Waals surface area contributed by atoms with E-state index in [0.29, 0.717) is 18.2 Å². The first kappa shape index (κ1) is 17.6. The number of nitrogens with one attached hydrogen (secondary N) is 1. The number of hydrogen-bond donors (Lipinski definition) is 2. The number of anilines is 1. The van der Waals surface area contributed by atoms with Crippen LogP contribution in [0.4, 0.5) is 5.82 Å². The number of thiophene rings is 1. The van der Waals surface area contributed by atoms with Gasteiger partial charge in [-0.2, -0.15) is 0 Å². The zero-order valence-corrected chi connectivity index (χ0v) is 15.8. The van der Waals surface area contributed by atoms with Gasteiger partial charge in [0.15, 0.2) is 5.82 Å². The molecule has 8 heteroatoms. The van der Waals surface area contributed by atoms with Crippen molar-refractivity contribution < 1.29 is 8.42 Å². The Morgan fingerprint density at radius 1 is 0.926 bits per heavy atom. The number of benzene rings is 2. The van der Waals surface area contributed by atoms with Crippen LogP contribution in [0.1, 0.15) is 4.88 Å². The molecule has 0 fully saturated rings. The van der Waals surface area contributed by atoms with E-state index in [1.807, 2.05) is 54.6 Å². The molecule has 0 aliphatic heterocycles. The largest absolute Gasteiger partial charge is 0.365 e. The summed E-state index contributed by atoms with van der Waals surface area (Å²) >= 11 is 1.15. The summed E-state index contributed by atoms with van der Waals surface area (Å²) < 4.78 is 23.0. The molecule has 2 aromatic carbocycles. The van der Waals surface area contributed by atoms with Gasteiger partial charge in [-0.25, -0.2) is 23.5 Å². The van der Waals surface area contributed by atoms with Crippen molar-refractivity contribution in [3.8, 4) is 11.4 Å². The zero-order chi connectivity index (χ0) is 18.9. The van der Waals surface area contributed by atoms with Crippen LogP contribution in [0.3, 0.4) is 0 Å². The van der Waals surface area contributed by atoms with Crippen LogP contribution in [-0.2, 0) is 16.6 Å². The molecule has 2 aromatic heterocycles. The highest BCUT2D eigenvalue weighted by atomic mass is 32.2. The quantitative estimate of drug-likeness (QED) is 0.537. The Hall–Kier alpha value is -2.81. The molecule has 0 saturated carbocycles. The topological polar surface area (TPSA) is 98.0 Å². The van der Waals surface area contributed by atoms with Crippen LogP contribution >= 0.6 is 11.3 Å². The molecule has 0 atom stereocenters. The first-order valence-electron chi connectivity index (χ1n) is 8.18. The fourth-order valence-electron chi connectivity index (χ4n) is 2.70. The van der Waals surface area contributed by atoms with Crippen LogP contribution in [0.2, 0.25) is 0 Å². The molecule has 0 aliphatic rings. The Kier molecular flexibility index (Phi) is 4.61. The molecule has 2 heterocycles. The Labute approximate surface area is 160 Å². The lowest BCUT2D eigenvalue weighted by molar-refractivity contribution is 0.600. The maximum atomic E-state index is 11.4. The minimum atomic E-state index is -3.68. The lowest BCUT2D eigenvalue weighted by Crippen LogP contribution is -2.09. The second-order valence-corrected chi connectivity index (χ2v) is 8.85. The molecule has 27 heavy (non-hydrogen) atoms. The maximum absolute atomic E-state index is 11.4. The van der Waals surface area contributed by atoms with E-state index < -0.39 is 10.0 Å². The number of primary sulfonamides is 1. The summed E-state index contributed by atoms with van der Waals surface area (Å²) in [5, 5.41) is 9.38. The van der Waals surface area contributed by atoms with Crippen molar-refractivity contribution in [1.29, 1.82) is 0 Å². The molecule has 0 saturated heterocycles. The first-order chi connectivity index (χ1) is 13.0. The first-order valence-corrected chi connectivity index (χ1v) is 10.5. The molecule has 0 bridgehead atoms. The van der Waals surface area contributed by atoms with Crippen molar-refractivity contribution in [2.45, 2.75) is 10.8 Å². The van der Waals surface area contributed by atoms with Gasteiger partial charge in [-0.3, -0.25) is 0 Å². The zero-order valence-electron chi connectivity index (χ0n) is 14.2. The van der Waals surface area contributed by atoms with E-state index in [1.54, 1.807) is 6.07 Å². The third-order valence-electron chi connectivity index (χ3n) is 3.98. The molecule has 0 aliphatic carbocycles. The summed E-state index contributed by atoms with van der Waals surface area (Å²) in [6, 6.07) is 20.8. The Balaban J connectivity index is 1.69. The standard InChI is InChI=1S/C19H16N4O2S2/c20-27(24,25)17-11-10-14(26-17)12-21-19-15-8-4-5-9-16(15)22-18(23-19)13-6-2-1-3-7-13/h1-11H,12H2,(H2,20,24,25)(H,21,22,23). The summed E-state index contributed by atoms with van der Waals surface area (Å²) in [5.74, 6) is 1.33. The molecular weight excluding hydrogens is 380 g/mol. The van der Waals surface area contributed by atoms with E-state index in [0.717, 1.165) is 32.7 Å². The summed E-state index contributed by atoms with van der Waals surface area (Å²) in [6.07, 6.45) is 0. The summed E-state index contributed by atoms with van der Waals surface area (Å²) in [4.78, 5) is 10.2. The van der Waals surface area contributed by atoms with Gasteiger partial charge in [-0.1, -0.05) is 42.5 Å². The number of hydrogen-bond acceptors (Lipinski definition) is 6. The van der Waals surface area contributed by atoms with Gasteiger partial charge in [0.2, 0.25) is 10.0 Å². The van der Waals surface area contributed by atoms with Gasteiger partial charge in [0.25, 0.3) is 0 Å². The van der Waals surface area contributed by atoms with Crippen molar-refractivity contribution in [3.63, 3.8) is 0 Å². The third kappa shape index (κ3) is 3.82. The van der Waals surface area contributed by atoms with E-state index in [1.165, 1.54) is 6.07 Å². The number of fused-ring (bicyclic) bond motifs is 1. The van der Waals surface area contributed by atoms with E-state index in [-0.39, 0.29) is 4.21 Å². The Morgan fingerprint density at radius 2 is 1.67 bits per heavy atom. The maximum Gasteiger partial charge on any atom is 0.247 e. The summed E-state index contributed by atoms with van der Waals surface area (Å²) in [5.41, 5.74) is 1.77. The molecule has 3 N–H and O–H groups in total. The minimum absolute atomic E-state index is 0.150. The van der Waals surface area contributed by atoms with E-state index >= 15 is 0 Å². The van der Waals surface area contributed by atoms with Gasteiger partial charge >= 0.3 is 0 Å². The fourth-order valence-corrected chi connectivity index (χ4v) is 4.42. The number of nitrogens with zero attached hydrogens (tertiary/aromatic N) is 2. The minimum Gasteiger partial charge on any atom is -0.365 e. The van der Waals surface area contributed by atoms with Crippen LogP contribution in [0.15, 0.2) is 70.9 Å². The molecule has 0 spiro atoms. The van der Waals surface area contributed by atoms with Crippen LogP contribution in [0, 0.1) is 0 Å². The van der Waals surface area contributed by atoms with Crippen LogP contribution in [-0.4, -0.2) is 18.4 Å². The van der Waals surface area contributed by atoms with Gasteiger partial charge in [0, 0.05) is 15.8 Å². The number of nitrogens with two attached hydrogens (primary N) is 1. The third-order valence-corrected chi connectivity index (χ3v) is 6.51. The molecule has 0 amide bonds. The molecule has 4 aromatic rings. The predicted molar refractivity (Wildman–Crippen MR) is 108 cm³/mol. The molecule has 0 unspecified atom stereocenters. The van der Waals surface area contributed by atoms with E-state index in [4.69, 9.17) is 5.14 Å². The number of sulfonamides is 1. The molecule has 136 valence electrons. The van der Waals surface area contributed by atoms with Gasteiger partial charge in [0.1, 0.15) is 10.0 Å². The van der Waals surface area contributed by atoms with Gasteiger partial charge in [-0.05, 0) is 24.3 Å². The Bertz CT molecular complexity index is 1200. The van der Waals surface area contributed by atoms with Gasteiger partial charge in [0.05, 0.1) is 12.1 Å². The van der Waals surface area contributed by atoms with E-state index in [9.17, 15) is 8.42 Å². The highest BCUT2D eigenvalue weighted by Crippen LogP contribution is 2.26. The van der Waals surface area contributed by atoms with Crippen molar-refractivity contribution in [1.82, 2.24) is 9.97 Å². The number of rotatable bonds is 5. The second-order valence-electron chi connectivity index (χ2n) is 5.90. The number of aromatic nitrogens is 2. The highest BCUT2D eigenvalue weighted by Gasteiger charge is 2.12. The lowest BCUT2D eigenvalue weighted by Gasteiger charge is -2.10. The molecule has 0 radical (unpaired) electrons. The number of para-hydroxylation sites is 1. The van der Waals surface area contributed by atoms with Crippen molar-refractivity contribution in [2.24, 2.45) is 5.14 Å². The predicted octanol–water partition coefficient (Wildman–Crippen LogP) is 3.62. The monoisotopic (exact) mass is 396 g/mol. The second kappa shape index (κ2) is 7.07. The highest BCUT2D eigenvalue weighted by molar-refractivity contribution is 7.91. The summed E-state index contributed by atoms with van der Waals surface area (Å²) in [7, 11) is -3.68. The van der Waals surface area contributed by atoms with Crippen LogP contribution < -0.4 is 10.5 Å². The average molecular weight is 396 g/mol. The molecule has 6 nitrogen and oxygen atoms in total. The fraction of sp³-hybridized carbons (Fsp3) is 0.0526. The summed E-state index contributed by atoms with van der Waals surface area (Å²) in [6.45, 7) is 0.440. The average Bonchev–Trinajstić information content (AvgIpc) is 3.16. The van der Waals surface area contributed by atoms with Gasteiger partial charge in [-0.15, -0.1) is 11.3 Å². The van der Waals surface area contributed by atoms with Crippen LogP contribution in [0.5, 0.6) is 0 Å². The smallest absolute Gasteiger partial charge is 0.247 e. The van der Waals surface area contributed by atoms with Gasteiger partial charge < -0.3 is 5.32 Å². The van der Waals surface area contributed by atoms with Crippen LogP contribution in [0.25, 0.3) is 22.3 Å². The van der Waals surface area contributed by atoms with Crippen molar-refractivity contribution >= 4 is 38.1 Å². The van der Waals surface area contributed by atoms with Crippen molar-refractivity contribution in [2.75, 3.05) is 5.32 Å². The molecule has 4 rings (SSSR count). The van der Waals surface area contributed by atoms with Crippen molar-refractivity contribution in [3.05, 3.63) is 71.6 Å². The SMILES string of the molecule is NS(=O)(=O)c1ccc(CNc2nc(-c3ccccc3)nc3ccccc23)s1. The Morgan fingerprint density at radius 3 is 2.41 bits per heavy atom. The molecular formula is C19H16N4O2S2. The lowest BCUT2D eigenvalue weighted by atomic mass is 10.2. The normalized spacial score (nSPS) is 11.6.